The Kier molecular flexibility index (Phi) is 3.77. The van der Waals surface area contributed by atoms with E-state index < -0.39 is 24.0 Å². The van der Waals surface area contributed by atoms with Crippen molar-refractivity contribution in [3.05, 3.63) is 29.8 Å². The van der Waals surface area contributed by atoms with Crippen LogP contribution in [-0.4, -0.2) is 29.8 Å². The Bertz CT molecular complexity index is 419. The van der Waals surface area contributed by atoms with E-state index in [0.29, 0.717) is 0 Å². The maximum atomic E-state index is 11.5. The molecule has 1 N–H and O–H groups in total. The lowest BCUT2D eigenvalue weighted by Gasteiger charge is -2.00. The largest absolute Gasteiger partial charge is 0.508 e. The van der Waals surface area contributed by atoms with Gasteiger partial charge in [0, 0.05) is 5.56 Å². The molecule has 0 bridgehead atoms. The lowest BCUT2D eigenvalue weighted by atomic mass is 10.1. The monoisotopic (exact) mass is 222 g/mol. The fourth-order valence-electron chi connectivity index (χ4n) is 1.08. The van der Waals surface area contributed by atoms with Gasteiger partial charge in [-0.1, -0.05) is 0 Å². The Morgan fingerprint density at radius 1 is 1.19 bits per heavy atom. The van der Waals surface area contributed by atoms with Gasteiger partial charge in [-0.2, -0.15) is 0 Å². The molecule has 0 unspecified atom stereocenters. The van der Waals surface area contributed by atoms with Crippen molar-refractivity contribution in [2.24, 2.45) is 0 Å². The number of esters is 1. The molecule has 0 aromatic heterocycles. The molecule has 0 saturated carbocycles. The van der Waals surface area contributed by atoms with E-state index in [4.69, 9.17) is 5.11 Å². The van der Waals surface area contributed by atoms with Gasteiger partial charge in [0.2, 0.25) is 5.78 Å². The van der Waals surface area contributed by atoms with Crippen LogP contribution in [0.5, 0.6) is 5.75 Å². The number of rotatable bonds is 4. The molecule has 84 valence electrons. The second-order valence-electron chi connectivity index (χ2n) is 3.06. The predicted octanol–water partition coefficient (Wildman–Crippen LogP) is 0.707. The Hall–Kier alpha value is -2.17. The van der Waals surface area contributed by atoms with E-state index in [9.17, 15) is 14.4 Å². The molecule has 5 heteroatoms. The van der Waals surface area contributed by atoms with E-state index in [2.05, 4.69) is 4.74 Å². The van der Waals surface area contributed by atoms with Gasteiger partial charge >= 0.3 is 5.97 Å². The third-order valence-corrected chi connectivity index (χ3v) is 1.92. The van der Waals surface area contributed by atoms with Crippen molar-refractivity contribution in [2.45, 2.75) is 6.42 Å². The minimum Gasteiger partial charge on any atom is -0.508 e. The molecule has 0 heterocycles. The van der Waals surface area contributed by atoms with Crippen molar-refractivity contribution >= 4 is 17.5 Å². The number of phenolic OH excluding ortho intramolecular Hbond substituents is 1. The van der Waals surface area contributed by atoms with Crippen LogP contribution < -0.4 is 0 Å². The number of hydrogen-bond acceptors (Lipinski definition) is 5. The number of Topliss-reactive ketones (excluding diaryl/α,β-unsaturated/α-hetero) is 2. The Balaban J connectivity index is 2.69. The first-order valence-corrected chi connectivity index (χ1v) is 4.48. The van der Waals surface area contributed by atoms with E-state index in [1.165, 1.54) is 24.3 Å². The van der Waals surface area contributed by atoms with Gasteiger partial charge in [-0.3, -0.25) is 9.59 Å². The van der Waals surface area contributed by atoms with Crippen LogP contribution in [0.1, 0.15) is 16.8 Å². The van der Waals surface area contributed by atoms with Gasteiger partial charge in [-0.25, -0.2) is 4.79 Å². The molecule has 0 atom stereocenters. The molecule has 0 spiro atoms. The number of ketones is 2. The summed E-state index contributed by atoms with van der Waals surface area (Å²) in [6.45, 7) is 0. The van der Waals surface area contributed by atoms with Crippen molar-refractivity contribution in [3.8, 4) is 5.75 Å². The zero-order valence-electron chi connectivity index (χ0n) is 8.60. The van der Waals surface area contributed by atoms with Crippen LogP contribution in [0, 0.1) is 0 Å². The number of ether oxygens (including phenoxy) is 1. The molecule has 0 amide bonds. The van der Waals surface area contributed by atoms with Crippen LogP contribution >= 0.6 is 0 Å². The molecule has 0 saturated heterocycles. The second-order valence-corrected chi connectivity index (χ2v) is 3.06. The van der Waals surface area contributed by atoms with Crippen LogP contribution in [0.2, 0.25) is 0 Å². The van der Waals surface area contributed by atoms with E-state index in [1.54, 1.807) is 0 Å². The molecule has 1 aromatic carbocycles. The topological polar surface area (TPSA) is 80.7 Å². The summed E-state index contributed by atoms with van der Waals surface area (Å²) in [5.41, 5.74) is 0.259. The number of carbonyl (C=O) groups excluding carboxylic acids is 3. The van der Waals surface area contributed by atoms with Crippen molar-refractivity contribution in [3.63, 3.8) is 0 Å². The van der Waals surface area contributed by atoms with Crippen LogP contribution in [0.15, 0.2) is 24.3 Å². The molecule has 0 aliphatic carbocycles. The van der Waals surface area contributed by atoms with Crippen LogP contribution in [-0.2, 0) is 14.3 Å². The molecule has 1 rings (SSSR count). The van der Waals surface area contributed by atoms with E-state index >= 15 is 0 Å². The summed E-state index contributed by atoms with van der Waals surface area (Å²) in [5.74, 6) is -2.39. The minimum absolute atomic E-state index is 0.0239. The molecular formula is C11H10O5. The maximum Gasteiger partial charge on any atom is 0.374 e. The summed E-state index contributed by atoms with van der Waals surface area (Å²) >= 11 is 0. The first kappa shape index (κ1) is 11.9. The van der Waals surface area contributed by atoms with Crippen molar-refractivity contribution < 1.29 is 24.2 Å². The normalized spacial score (nSPS) is 9.56. The van der Waals surface area contributed by atoms with E-state index in [-0.39, 0.29) is 11.3 Å². The Morgan fingerprint density at radius 2 is 1.75 bits per heavy atom. The van der Waals surface area contributed by atoms with Crippen LogP contribution in [0.3, 0.4) is 0 Å². The third kappa shape index (κ3) is 2.91. The van der Waals surface area contributed by atoms with Gasteiger partial charge in [-0.15, -0.1) is 0 Å². The van der Waals surface area contributed by atoms with Gasteiger partial charge in [0.15, 0.2) is 5.78 Å². The smallest absolute Gasteiger partial charge is 0.374 e. The quantitative estimate of drug-likeness (QED) is 0.351. The highest BCUT2D eigenvalue weighted by molar-refractivity contribution is 6.38. The van der Waals surface area contributed by atoms with E-state index in [1.807, 2.05) is 0 Å². The summed E-state index contributed by atoms with van der Waals surface area (Å²) in [5, 5.41) is 8.99. The maximum absolute atomic E-state index is 11.5. The lowest BCUT2D eigenvalue weighted by Crippen LogP contribution is -2.19. The molecule has 5 nitrogen and oxygen atoms in total. The van der Waals surface area contributed by atoms with Crippen LogP contribution in [0.4, 0.5) is 0 Å². The number of carbonyl (C=O) groups is 3. The average molecular weight is 222 g/mol. The number of aromatic hydroxyl groups is 1. The molecule has 0 aliphatic heterocycles. The van der Waals surface area contributed by atoms with Gasteiger partial charge in [-0.05, 0) is 24.3 Å². The summed E-state index contributed by atoms with van der Waals surface area (Å²) < 4.78 is 4.19. The highest BCUT2D eigenvalue weighted by atomic mass is 16.5. The van der Waals surface area contributed by atoms with Crippen molar-refractivity contribution in [1.82, 2.24) is 0 Å². The zero-order valence-corrected chi connectivity index (χ0v) is 8.60. The summed E-state index contributed by atoms with van der Waals surface area (Å²) in [7, 11) is 1.07. The summed E-state index contributed by atoms with van der Waals surface area (Å²) in [6.07, 6.45) is -0.530. The first-order valence-electron chi connectivity index (χ1n) is 4.48. The third-order valence-electron chi connectivity index (χ3n) is 1.92. The highest BCUT2D eigenvalue weighted by Crippen LogP contribution is 2.11. The first-order chi connectivity index (χ1) is 7.54. The highest BCUT2D eigenvalue weighted by Gasteiger charge is 2.19. The van der Waals surface area contributed by atoms with Gasteiger partial charge < -0.3 is 9.84 Å². The number of hydrogen-bond donors (Lipinski definition) is 1. The predicted molar refractivity (Wildman–Crippen MR) is 54.1 cm³/mol. The Morgan fingerprint density at radius 3 is 2.25 bits per heavy atom. The minimum atomic E-state index is -1.04. The molecule has 1 aromatic rings. The van der Waals surface area contributed by atoms with Gasteiger partial charge in [0.1, 0.15) is 5.75 Å². The van der Waals surface area contributed by atoms with Crippen LogP contribution in [0.25, 0.3) is 0 Å². The van der Waals surface area contributed by atoms with E-state index in [0.717, 1.165) is 7.11 Å². The molecular weight excluding hydrogens is 212 g/mol. The second kappa shape index (κ2) is 5.06. The fraction of sp³-hybridized carbons (Fsp3) is 0.182. The number of phenols is 1. The van der Waals surface area contributed by atoms with Gasteiger partial charge in [0.05, 0.1) is 13.5 Å². The molecule has 16 heavy (non-hydrogen) atoms. The van der Waals surface area contributed by atoms with Gasteiger partial charge in [0.25, 0.3) is 0 Å². The lowest BCUT2D eigenvalue weighted by molar-refractivity contribution is -0.151. The summed E-state index contributed by atoms with van der Waals surface area (Å²) in [4.78, 5) is 33.3. The number of methoxy groups -OCH3 is 1. The fourth-order valence-corrected chi connectivity index (χ4v) is 1.08. The molecule has 0 aliphatic rings. The zero-order chi connectivity index (χ0) is 12.1. The number of benzene rings is 1. The van der Waals surface area contributed by atoms with Crippen molar-refractivity contribution in [2.75, 3.05) is 7.11 Å². The molecule has 0 radical (unpaired) electrons. The summed E-state index contributed by atoms with van der Waals surface area (Å²) in [6, 6.07) is 5.41. The standard InChI is InChI=1S/C11H10O5/c1-16-11(15)10(14)6-9(13)7-2-4-8(12)5-3-7/h2-5,12H,6H2,1H3. The van der Waals surface area contributed by atoms with Crippen molar-refractivity contribution in [1.29, 1.82) is 0 Å². The average Bonchev–Trinajstić information content (AvgIpc) is 2.28. The Labute approximate surface area is 91.6 Å². The SMILES string of the molecule is COC(=O)C(=O)CC(=O)c1ccc(O)cc1. The molecule has 0 fully saturated rings.